The van der Waals surface area contributed by atoms with E-state index in [0.29, 0.717) is 22.5 Å². The second-order valence-electron chi connectivity index (χ2n) is 6.70. The summed E-state index contributed by atoms with van der Waals surface area (Å²) in [6.45, 7) is 1.95. The number of carbonyl (C=O) groups is 1. The summed E-state index contributed by atoms with van der Waals surface area (Å²) < 4.78 is 0. The molecule has 0 saturated heterocycles. The van der Waals surface area contributed by atoms with E-state index in [4.69, 9.17) is 4.98 Å². The number of anilines is 1. The lowest BCUT2D eigenvalue weighted by molar-refractivity contribution is -0.384. The number of pyridine rings is 1. The molecule has 6 heteroatoms. The number of carbonyl (C=O) groups excluding carboxylic acids is 1. The summed E-state index contributed by atoms with van der Waals surface area (Å²) in [7, 11) is 0. The third-order valence-electron chi connectivity index (χ3n) is 4.59. The van der Waals surface area contributed by atoms with Gasteiger partial charge in [-0.3, -0.25) is 14.9 Å². The first kappa shape index (κ1) is 18.3. The molecule has 3 aromatic carbocycles. The van der Waals surface area contributed by atoms with Crippen molar-refractivity contribution in [1.82, 2.24) is 4.98 Å². The van der Waals surface area contributed by atoms with Crippen LogP contribution in [-0.4, -0.2) is 15.8 Å². The average molecular weight is 383 g/mol. The predicted molar refractivity (Wildman–Crippen MR) is 113 cm³/mol. The van der Waals surface area contributed by atoms with Crippen LogP contribution in [0.4, 0.5) is 11.4 Å². The lowest BCUT2D eigenvalue weighted by Gasteiger charge is -2.11. The summed E-state index contributed by atoms with van der Waals surface area (Å²) in [5.41, 5.74) is 4.05. The monoisotopic (exact) mass is 383 g/mol. The van der Waals surface area contributed by atoms with Crippen LogP contribution in [0.2, 0.25) is 0 Å². The van der Waals surface area contributed by atoms with Crippen molar-refractivity contribution in [1.29, 1.82) is 0 Å². The molecule has 0 saturated carbocycles. The summed E-state index contributed by atoms with van der Waals surface area (Å²) in [5.74, 6) is -0.347. The van der Waals surface area contributed by atoms with Gasteiger partial charge in [0.1, 0.15) is 0 Å². The second kappa shape index (κ2) is 7.52. The van der Waals surface area contributed by atoms with E-state index in [9.17, 15) is 14.9 Å². The highest BCUT2D eigenvalue weighted by molar-refractivity contribution is 6.13. The zero-order chi connectivity index (χ0) is 20.4. The third kappa shape index (κ3) is 3.82. The predicted octanol–water partition coefficient (Wildman–Crippen LogP) is 5.37. The molecule has 0 unspecified atom stereocenters. The molecule has 0 aliphatic heterocycles. The van der Waals surface area contributed by atoms with Gasteiger partial charge in [-0.1, -0.05) is 48.0 Å². The molecular formula is C23H17N3O3. The number of nitro groups is 1. The van der Waals surface area contributed by atoms with Crippen LogP contribution in [-0.2, 0) is 0 Å². The van der Waals surface area contributed by atoms with Crippen LogP contribution in [0.5, 0.6) is 0 Å². The fourth-order valence-electron chi connectivity index (χ4n) is 3.18. The van der Waals surface area contributed by atoms with Gasteiger partial charge in [0.2, 0.25) is 0 Å². The van der Waals surface area contributed by atoms with E-state index in [2.05, 4.69) is 5.32 Å². The molecule has 0 aliphatic rings. The molecule has 0 aliphatic carbocycles. The second-order valence-corrected chi connectivity index (χ2v) is 6.70. The number of aromatic nitrogens is 1. The zero-order valence-corrected chi connectivity index (χ0v) is 15.6. The highest BCUT2D eigenvalue weighted by atomic mass is 16.6. The van der Waals surface area contributed by atoms with Crippen molar-refractivity contribution in [3.8, 4) is 11.3 Å². The van der Waals surface area contributed by atoms with Crippen molar-refractivity contribution < 1.29 is 9.72 Å². The molecule has 4 rings (SSSR count). The molecule has 1 amide bonds. The summed E-state index contributed by atoms with van der Waals surface area (Å²) in [4.78, 5) is 28.3. The molecule has 1 heterocycles. The summed E-state index contributed by atoms with van der Waals surface area (Å²) in [6.07, 6.45) is 0. The van der Waals surface area contributed by atoms with Crippen LogP contribution < -0.4 is 5.32 Å². The summed E-state index contributed by atoms with van der Waals surface area (Å²) in [5, 5.41) is 14.5. The number of benzene rings is 3. The Labute approximate surface area is 167 Å². The molecule has 0 atom stereocenters. The first-order valence-electron chi connectivity index (χ1n) is 9.04. The molecule has 1 N–H and O–H groups in total. The largest absolute Gasteiger partial charge is 0.322 e. The van der Waals surface area contributed by atoms with E-state index in [0.717, 1.165) is 16.5 Å². The number of amides is 1. The lowest BCUT2D eigenvalue weighted by Crippen LogP contribution is -2.13. The Balaban J connectivity index is 1.80. The first-order valence-corrected chi connectivity index (χ1v) is 9.04. The van der Waals surface area contributed by atoms with E-state index >= 15 is 0 Å². The van der Waals surface area contributed by atoms with Gasteiger partial charge in [0.05, 0.1) is 21.7 Å². The molecule has 0 fully saturated rings. The van der Waals surface area contributed by atoms with Gasteiger partial charge < -0.3 is 5.32 Å². The van der Waals surface area contributed by atoms with Crippen LogP contribution in [0.25, 0.3) is 22.2 Å². The number of fused-ring (bicyclic) bond motifs is 1. The van der Waals surface area contributed by atoms with Gasteiger partial charge in [-0.25, -0.2) is 4.98 Å². The van der Waals surface area contributed by atoms with Crippen molar-refractivity contribution in [2.24, 2.45) is 0 Å². The summed E-state index contributed by atoms with van der Waals surface area (Å²) >= 11 is 0. The Kier molecular flexibility index (Phi) is 4.75. The number of nitrogens with zero attached hydrogens (tertiary/aromatic N) is 2. The third-order valence-corrected chi connectivity index (χ3v) is 4.59. The lowest BCUT2D eigenvalue weighted by atomic mass is 10.0. The standard InChI is InChI=1S/C23H17N3O3/c1-15-10-11-21-19(12-15)20(14-22(25-21)16-6-3-2-4-7-16)23(27)24-17-8-5-9-18(13-17)26(28)29/h2-14H,1H3,(H,24,27). The van der Waals surface area contributed by atoms with Crippen molar-refractivity contribution in [2.75, 3.05) is 5.32 Å². The number of nitro benzene ring substituents is 1. The number of hydrogen-bond donors (Lipinski definition) is 1. The molecule has 1 aromatic heterocycles. The Bertz CT molecular complexity index is 1240. The number of non-ortho nitro benzene ring substituents is 1. The van der Waals surface area contributed by atoms with E-state index < -0.39 is 4.92 Å². The highest BCUT2D eigenvalue weighted by Gasteiger charge is 2.16. The van der Waals surface area contributed by atoms with Crippen LogP contribution in [0, 0.1) is 17.0 Å². The van der Waals surface area contributed by atoms with Gasteiger partial charge in [-0.15, -0.1) is 0 Å². The Hall–Kier alpha value is -4.06. The fourth-order valence-corrected chi connectivity index (χ4v) is 3.18. The smallest absolute Gasteiger partial charge is 0.271 e. The highest BCUT2D eigenvalue weighted by Crippen LogP contribution is 2.27. The van der Waals surface area contributed by atoms with E-state index in [1.54, 1.807) is 12.1 Å². The number of nitrogens with one attached hydrogen (secondary N) is 1. The molecule has 0 radical (unpaired) electrons. The minimum atomic E-state index is -0.492. The Morgan fingerprint density at radius 2 is 1.76 bits per heavy atom. The van der Waals surface area contributed by atoms with Crippen LogP contribution in [0.15, 0.2) is 78.9 Å². The van der Waals surface area contributed by atoms with Gasteiger partial charge in [-0.2, -0.15) is 0 Å². The molecule has 0 bridgehead atoms. The average Bonchev–Trinajstić information content (AvgIpc) is 2.73. The first-order chi connectivity index (χ1) is 14.0. The molecular weight excluding hydrogens is 366 g/mol. The Morgan fingerprint density at radius 1 is 0.966 bits per heavy atom. The topological polar surface area (TPSA) is 85.1 Å². The van der Waals surface area contributed by atoms with Gasteiger partial charge >= 0.3 is 0 Å². The van der Waals surface area contributed by atoms with Crippen molar-refractivity contribution >= 4 is 28.2 Å². The van der Waals surface area contributed by atoms with Gasteiger partial charge in [0, 0.05) is 28.8 Å². The minimum absolute atomic E-state index is 0.0804. The maximum absolute atomic E-state index is 13.1. The van der Waals surface area contributed by atoms with Crippen LogP contribution in [0.3, 0.4) is 0 Å². The SMILES string of the molecule is Cc1ccc2nc(-c3ccccc3)cc(C(=O)Nc3cccc([N+](=O)[O-])c3)c2c1. The quantitative estimate of drug-likeness (QED) is 0.379. The van der Waals surface area contributed by atoms with E-state index in [1.807, 2.05) is 55.5 Å². The maximum atomic E-state index is 13.1. The molecule has 142 valence electrons. The van der Waals surface area contributed by atoms with Crippen molar-refractivity contribution in [2.45, 2.75) is 6.92 Å². The van der Waals surface area contributed by atoms with Crippen LogP contribution in [0.1, 0.15) is 15.9 Å². The van der Waals surface area contributed by atoms with Crippen LogP contribution >= 0.6 is 0 Å². The molecule has 6 nitrogen and oxygen atoms in total. The van der Waals surface area contributed by atoms with Gasteiger partial charge in [0.25, 0.3) is 11.6 Å². The Morgan fingerprint density at radius 3 is 2.52 bits per heavy atom. The van der Waals surface area contributed by atoms with Crippen molar-refractivity contribution in [3.05, 3.63) is 100 Å². The van der Waals surface area contributed by atoms with Gasteiger partial charge in [0.15, 0.2) is 0 Å². The maximum Gasteiger partial charge on any atom is 0.271 e. The number of rotatable bonds is 4. The summed E-state index contributed by atoms with van der Waals surface area (Å²) in [6, 6.07) is 23.0. The van der Waals surface area contributed by atoms with E-state index in [1.165, 1.54) is 18.2 Å². The van der Waals surface area contributed by atoms with Crippen molar-refractivity contribution in [3.63, 3.8) is 0 Å². The fraction of sp³-hybridized carbons (Fsp3) is 0.0435. The van der Waals surface area contributed by atoms with E-state index in [-0.39, 0.29) is 11.6 Å². The molecule has 4 aromatic rings. The molecule has 0 spiro atoms. The number of aryl methyl sites for hydroxylation is 1. The van der Waals surface area contributed by atoms with Gasteiger partial charge in [-0.05, 0) is 31.2 Å². The zero-order valence-electron chi connectivity index (χ0n) is 15.6. The normalized spacial score (nSPS) is 10.7. The minimum Gasteiger partial charge on any atom is -0.322 e. The number of hydrogen-bond acceptors (Lipinski definition) is 4. The molecule has 29 heavy (non-hydrogen) atoms.